The van der Waals surface area contributed by atoms with Crippen molar-refractivity contribution in [3.05, 3.63) is 81.3 Å². The third-order valence-corrected chi connectivity index (χ3v) is 3.79. The maximum absolute atomic E-state index is 13.0. The second-order valence-corrected chi connectivity index (χ2v) is 5.44. The summed E-state index contributed by atoms with van der Waals surface area (Å²) < 4.78 is 23.4. The van der Waals surface area contributed by atoms with Crippen LogP contribution in [0.3, 0.4) is 0 Å². The number of ether oxygens (including phenoxy) is 1. The smallest absolute Gasteiger partial charge is 0.345 e. The Balaban J connectivity index is 1.76. The standard InChI is InChI=1S/C18H13FN2O5/c1-11-15(20-26-17(11)12-6-8-13(19)9-7-12)10-25-18(22)14-4-2-3-5-16(14)21(23)24/h2-9H,10H2,1H3. The van der Waals surface area contributed by atoms with Gasteiger partial charge in [0, 0.05) is 17.2 Å². The van der Waals surface area contributed by atoms with E-state index in [-0.39, 0.29) is 23.7 Å². The molecular formula is C18H13FN2O5. The highest BCUT2D eigenvalue weighted by molar-refractivity contribution is 5.93. The maximum atomic E-state index is 13.0. The number of benzene rings is 2. The van der Waals surface area contributed by atoms with Gasteiger partial charge in [-0.05, 0) is 37.3 Å². The number of hydrogen-bond acceptors (Lipinski definition) is 6. The molecule has 26 heavy (non-hydrogen) atoms. The van der Waals surface area contributed by atoms with Crippen LogP contribution in [-0.4, -0.2) is 16.0 Å². The van der Waals surface area contributed by atoms with Crippen LogP contribution in [0.15, 0.2) is 53.1 Å². The van der Waals surface area contributed by atoms with Crippen LogP contribution in [-0.2, 0) is 11.3 Å². The zero-order valence-corrected chi connectivity index (χ0v) is 13.6. The Morgan fingerprint density at radius 3 is 2.62 bits per heavy atom. The molecule has 0 aliphatic carbocycles. The number of carbonyl (C=O) groups is 1. The highest BCUT2D eigenvalue weighted by Gasteiger charge is 2.22. The molecule has 0 amide bonds. The fourth-order valence-electron chi connectivity index (χ4n) is 2.39. The van der Waals surface area contributed by atoms with E-state index >= 15 is 0 Å². The second-order valence-electron chi connectivity index (χ2n) is 5.44. The minimum atomic E-state index is -0.831. The van der Waals surface area contributed by atoms with E-state index in [0.717, 1.165) is 0 Å². The van der Waals surface area contributed by atoms with Gasteiger partial charge >= 0.3 is 5.97 Å². The average molecular weight is 356 g/mol. The number of hydrogen-bond donors (Lipinski definition) is 0. The summed E-state index contributed by atoms with van der Waals surface area (Å²) in [6.07, 6.45) is 0. The largest absolute Gasteiger partial charge is 0.455 e. The lowest BCUT2D eigenvalue weighted by Gasteiger charge is -2.04. The van der Waals surface area contributed by atoms with Crippen LogP contribution in [0.5, 0.6) is 0 Å². The van der Waals surface area contributed by atoms with Gasteiger partial charge in [0.2, 0.25) is 0 Å². The van der Waals surface area contributed by atoms with Gasteiger partial charge in [-0.2, -0.15) is 0 Å². The van der Waals surface area contributed by atoms with Crippen LogP contribution >= 0.6 is 0 Å². The van der Waals surface area contributed by atoms with Crippen LogP contribution in [0.2, 0.25) is 0 Å². The molecule has 0 aliphatic heterocycles. The number of aromatic nitrogens is 1. The normalized spacial score (nSPS) is 10.5. The molecule has 0 saturated heterocycles. The molecule has 1 heterocycles. The van der Waals surface area contributed by atoms with Crippen molar-refractivity contribution in [3.63, 3.8) is 0 Å². The molecule has 8 heteroatoms. The first-order valence-electron chi connectivity index (χ1n) is 7.59. The maximum Gasteiger partial charge on any atom is 0.345 e. The average Bonchev–Trinajstić information content (AvgIpc) is 3.01. The molecule has 1 aromatic heterocycles. The van der Waals surface area contributed by atoms with Crippen LogP contribution < -0.4 is 0 Å². The molecule has 0 atom stereocenters. The molecule has 0 fully saturated rings. The van der Waals surface area contributed by atoms with Crippen LogP contribution in [0.1, 0.15) is 21.6 Å². The number of nitro groups is 1. The van der Waals surface area contributed by atoms with Gasteiger partial charge in [0.25, 0.3) is 5.69 Å². The van der Waals surface area contributed by atoms with Gasteiger partial charge in [-0.15, -0.1) is 0 Å². The summed E-state index contributed by atoms with van der Waals surface area (Å²) in [7, 11) is 0. The minimum absolute atomic E-state index is 0.141. The summed E-state index contributed by atoms with van der Waals surface area (Å²) in [5.74, 6) is -0.769. The van der Waals surface area contributed by atoms with Crippen molar-refractivity contribution < 1.29 is 23.4 Å². The van der Waals surface area contributed by atoms with E-state index in [2.05, 4.69) is 5.16 Å². The van der Waals surface area contributed by atoms with Crippen molar-refractivity contribution in [2.75, 3.05) is 0 Å². The number of rotatable bonds is 5. The summed E-state index contributed by atoms with van der Waals surface area (Å²) >= 11 is 0. The fourth-order valence-corrected chi connectivity index (χ4v) is 2.39. The summed E-state index contributed by atoms with van der Waals surface area (Å²) in [6, 6.07) is 11.2. The molecule has 0 unspecified atom stereocenters. The quantitative estimate of drug-likeness (QED) is 0.389. The minimum Gasteiger partial charge on any atom is -0.455 e. The Kier molecular flexibility index (Phi) is 4.74. The van der Waals surface area contributed by atoms with Crippen LogP contribution in [0, 0.1) is 22.9 Å². The van der Waals surface area contributed by atoms with E-state index in [1.165, 1.54) is 36.4 Å². The molecule has 3 rings (SSSR count). The van der Waals surface area contributed by atoms with E-state index in [9.17, 15) is 19.3 Å². The lowest BCUT2D eigenvalue weighted by Crippen LogP contribution is -2.08. The van der Waals surface area contributed by atoms with Gasteiger partial charge < -0.3 is 9.26 Å². The topological polar surface area (TPSA) is 95.5 Å². The molecule has 7 nitrogen and oxygen atoms in total. The lowest BCUT2D eigenvalue weighted by atomic mass is 10.1. The third-order valence-electron chi connectivity index (χ3n) is 3.79. The third kappa shape index (κ3) is 3.44. The summed E-state index contributed by atoms with van der Waals surface area (Å²) in [4.78, 5) is 22.5. The van der Waals surface area contributed by atoms with Crippen molar-refractivity contribution >= 4 is 11.7 Å². The Bertz CT molecular complexity index is 966. The molecular weight excluding hydrogens is 343 g/mol. The number of nitro benzene ring substituents is 1. The molecule has 0 aliphatic rings. The highest BCUT2D eigenvalue weighted by Crippen LogP contribution is 2.26. The first kappa shape index (κ1) is 17.3. The van der Waals surface area contributed by atoms with Gasteiger partial charge in [-0.3, -0.25) is 10.1 Å². The van der Waals surface area contributed by atoms with E-state index in [4.69, 9.17) is 9.26 Å². The number of nitrogens with zero attached hydrogens (tertiary/aromatic N) is 2. The van der Waals surface area contributed by atoms with Gasteiger partial charge in [0.1, 0.15) is 23.7 Å². The Morgan fingerprint density at radius 1 is 1.23 bits per heavy atom. The molecule has 3 aromatic rings. The van der Waals surface area contributed by atoms with Gasteiger partial charge in [-0.1, -0.05) is 17.3 Å². The lowest BCUT2D eigenvalue weighted by molar-refractivity contribution is -0.385. The number of halogens is 1. The summed E-state index contributed by atoms with van der Waals surface area (Å²) in [6.45, 7) is 1.52. The second kappa shape index (κ2) is 7.14. The predicted molar refractivity (Wildman–Crippen MR) is 88.8 cm³/mol. The molecule has 0 radical (unpaired) electrons. The SMILES string of the molecule is Cc1c(COC(=O)c2ccccc2[N+](=O)[O-])noc1-c1ccc(F)cc1. The van der Waals surface area contributed by atoms with E-state index in [1.807, 2.05) is 0 Å². The molecule has 0 bridgehead atoms. The zero-order chi connectivity index (χ0) is 18.7. The first-order valence-corrected chi connectivity index (χ1v) is 7.59. The molecule has 0 N–H and O–H groups in total. The highest BCUT2D eigenvalue weighted by atomic mass is 19.1. The van der Waals surface area contributed by atoms with Crippen molar-refractivity contribution in [1.29, 1.82) is 0 Å². The molecule has 0 spiro atoms. The monoisotopic (exact) mass is 356 g/mol. The summed E-state index contributed by atoms with van der Waals surface area (Å²) in [5, 5.41) is 14.8. The van der Waals surface area contributed by atoms with E-state index in [1.54, 1.807) is 19.1 Å². The van der Waals surface area contributed by atoms with E-state index in [0.29, 0.717) is 22.6 Å². The van der Waals surface area contributed by atoms with Crippen molar-refractivity contribution in [3.8, 4) is 11.3 Å². The molecule has 132 valence electrons. The molecule has 2 aromatic carbocycles. The number of esters is 1. The Morgan fingerprint density at radius 2 is 1.92 bits per heavy atom. The number of para-hydroxylation sites is 1. The van der Waals surface area contributed by atoms with E-state index < -0.39 is 10.9 Å². The van der Waals surface area contributed by atoms with Crippen LogP contribution in [0.4, 0.5) is 10.1 Å². The van der Waals surface area contributed by atoms with Crippen molar-refractivity contribution in [2.24, 2.45) is 0 Å². The fraction of sp³-hybridized carbons (Fsp3) is 0.111. The molecule has 0 saturated carbocycles. The predicted octanol–water partition coefficient (Wildman–Crippen LogP) is 4.05. The van der Waals surface area contributed by atoms with Crippen molar-refractivity contribution in [1.82, 2.24) is 5.16 Å². The first-order chi connectivity index (χ1) is 12.5. The van der Waals surface area contributed by atoms with Crippen LogP contribution in [0.25, 0.3) is 11.3 Å². The Hall–Kier alpha value is -3.55. The zero-order valence-electron chi connectivity index (χ0n) is 13.6. The summed E-state index contributed by atoms with van der Waals surface area (Å²) in [5.41, 5.74) is 1.16. The Labute approximate surface area is 147 Å². The van der Waals surface area contributed by atoms with Crippen molar-refractivity contribution in [2.45, 2.75) is 13.5 Å². The van der Waals surface area contributed by atoms with Gasteiger partial charge in [0.05, 0.1) is 4.92 Å². The van der Waals surface area contributed by atoms with Gasteiger partial charge in [0.15, 0.2) is 5.76 Å². The number of carbonyl (C=O) groups excluding carboxylic acids is 1. The van der Waals surface area contributed by atoms with Gasteiger partial charge in [-0.25, -0.2) is 9.18 Å².